The van der Waals surface area contributed by atoms with Crippen molar-refractivity contribution in [2.75, 3.05) is 26.2 Å². The van der Waals surface area contributed by atoms with Crippen LogP contribution in [-0.4, -0.2) is 57.8 Å². The quantitative estimate of drug-likeness (QED) is 0.848. The monoisotopic (exact) mass is 374 g/mol. The highest BCUT2D eigenvalue weighted by molar-refractivity contribution is 5.86. The van der Waals surface area contributed by atoms with Crippen LogP contribution in [0.25, 0.3) is 0 Å². The van der Waals surface area contributed by atoms with Crippen molar-refractivity contribution in [2.45, 2.75) is 59.3 Å². The van der Waals surface area contributed by atoms with Crippen LogP contribution in [0.4, 0.5) is 0 Å². The number of H-pyrrole nitrogens is 1. The molecule has 2 aliphatic rings. The lowest BCUT2D eigenvalue weighted by Crippen LogP contribution is -2.50. The molecule has 1 aromatic heterocycles. The third-order valence-corrected chi connectivity index (χ3v) is 6.07. The minimum absolute atomic E-state index is 0.0808. The smallest absolute Gasteiger partial charge is 0.342 e. The molecular formula is C20H30N4O3. The number of likely N-dealkylation sites (tertiary alicyclic amines) is 2. The normalized spacial score (nSPS) is 22.7. The maximum atomic E-state index is 13.0. The second kappa shape index (κ2) is 7.82. The van der Waals surface area contributed by atoms with Gasteiger partial charge in [-0.25, -0.2) is 4.79 Å². The summed E-state index contributed by atoms with van der Waals surface area (Å²) in [6.45, 7) is 8.60. The Morgan fingerprint density at radius 3 is 2.70 bits per heavy atom. The van der Waals surface area contributed by atoms with Gasteiger partial charge in [-0.2, -0.15) is 4.98 Å². The molecule has 7 nitrogen and oxygen atoms in total. The minimum Gasteiger partial charge on any atom is -0.342 e. The molecule has 0 bridgehead atoms. The molecule has 1 aromatic rings. The van der Waals surface area contributed by atoms with E-state index in [1.807, 2.05) is 16.7 Å². The molecule has 3 heterocycles. The zero-order valence-electron chi connectivity index (χ0n) is 16.6. The van der Waals surface area contributed by atoms with Crippen LogP contribution >= 0.6 is 0 Å². The number of amides is 2. The molecule has 0 aliphatic carbocycles. The Morgan fingerprint density at radius 2 is 2.00 bits per heavy atom. The van der Waals surface area contributed by atoms with Gasteiger partial charge in [0.2, 0.25) is 11.8 Å². The Labute approximate surface area is 160 Å². The van der Waals surface area contributed by atoms with E-state index in [2.05, 4.69) is 16.9 Å². The van der Waals surface area contributed by atoms with Crippen LogP contribution in [0.2, 0.25) is 0 Å². The number of rotatable bonds is 5. The van der Waals surface area contributed by atoms with Gasteiger partial charge in [-0.3, -0.25) is 9.59 Å². The number of carbonyl (C=O) groups excluding carboxylic acids is 2. The molecule has 2 fully saturated rings. The molecule has 7 heteroatoms. The Morgan fingerprint density at radius 1 is 1.22 bits per heavy atom. The largest absolute Gasteiger partial charge is 0.345 e. The van der Waals surface area contributed by atoms with Gasteiger partial charge in [0.15, 0.2) is 0 Å². The molecule has 3 rings (SSSR count). The van der Waals surface area contributed by atoms with Crippen LogP contribution in [-0.2, 0) is 16.0 Å². The fraction of sp³-hybridized carbons (Fsp3) is 0.700. The van der Waals surface area contributed by atoms with Crippen LogP contribution in [0.1, 0.15) is 56.0 Å². The van der Waals surface area contributed by atoms with Crippen LogP contribution in [0, 0.1) is 19.3 Å². The van der Waals surface area contributed by atoms with E-state index in [9.17, 15) is 14.4 Å². The number of nitrogens with zero attached hydrogens (tertiary/aromatic N) is 3. The Hall–Kier alpha value is -2.18. The van der Waals surface area contributed by atoms with Crippen molar-refractivity contribution >= 4 is 11.8 Å². The second-order valence-electron chi connectivity index (χ2n) is 7.97. The Balaban J connectivity index is 1.63. The molecule has 0 aromatic carbocycles. The molecule has 2 amide bonds. The van der Waals surface area contributed by atoms with Crippen molar-refractivity contribution in [3.63, 3.8) is 0 Å². The van der Waals surface area contributed by atoms with Crippen molar-refractivity contribution in [1.82, 2.24) is 19.8 Å². The molecule has 0 saturated carbocycles. The predicted octanol–water partition coefficient (Wildman–Crippen LogP) is 1.57. The van der Waals surface area contributed by atoms with E-state index >= 15 is 0 Å². The van der Waals surface area contributed by atoms with Gasteiger partial charge in [0.05, 0.1) is 5.41 Å². The molecular weight excluding hydrogens is 344 g/mol. The topological polar surface area (TPSA) is 86.4 Å². The Kier molecular flexibility index (Phi) is 5.67. The molecule has 1 unspecified atom stereocenters. The van der Waals surface area contributed by atoms with Crippen LogP contribution < -0.4 is 5.69 Å². The summed E-state index contributed by atoms with van der Waals surface area (Å²) in [4.78, 5) is 47.6. The first kappa shape index (κ1) is 19.6. The summed E-state index contributed by atoms with van der Waals surface area (Å²) in [6.07, 6.45) is 4.58. The van der Waals surface area contributed by atoms with Gasteiger partial charge in [-0.05, 0) is 51.5 Å². The molecule has 0 radical (unpaired) electrons. The Bertz CT molecular complexity index is 760. The second-order valence-corrected chi connectivity index (χ2v) is 7.97. The highest BCUT2D eigenvalue weighted by atomic mass is 16.2. The van der Waals surface area contributed by atoms with Gasteiger partial charge in [0.1, 0.15) is 0 Å². The molecule has 2 aliphatic heterocycles. The van der Waals surface area contributed by atoms with Crippen molar-refractivity contribution in [3.05, 3.63) is 27.4 Å². The van der Waals surface area contributed by atoms with E-state index in [0.29, 0.717) is 31.6 Å². The van der Waals surface area contributed by atoms with Gasteiger partial charge in [0, 0.05) is 44.0 Å². The third-order valence-electron chi connectivity index (χ3n) is 6.07. The molecule has 2 saturated heterocycles. The van der Waals surface area contributed by atoms with Gasteiger partial charge in [0.25, 0.3) is 0 Å². The molecule has 1 spiro atoms. The van der Waals surface area contributed by atoms with Crippen molar-refractivity contribution < 1.29 is 9.59 Å². The number of aromatic nitrogens is 2. The van der Waals surface area contributed by atoms with Crippen molar-refractivity contribution in [2.24, 2.45) is 5.41 Å². The first-order valence-corrected chi connectivity index (χ1v) is 10.00. The summed E-state index contributed by atoms with van der Waals surface area (Å²) in [6, 6.07) is 0. The summed E-state index contributed by atoms with van der Waals surface area (Å²) in [7, 11) is 0. The maximum absolute atomic E-state index is 13.0. The van der Waals surface area contributed by atoms with Gasteiger partial charge < -0.3 is 14.8 Å². The fourth-order valence-corrected chi connectivity index (χ4v) is 4.61. The zero-order chi connectivity index (χ0) is 19.6. The maximum Gasteiger partial charge on any atom is 0.345 e. The molecule has 1 atom stereocenters. The lowest BCUT2D eigenvalue weighted by Gasteiger charge is -2.39. The van der Waals surface area contributed by atoms with Crippen molar-refractivity contribution in [3.8, 4) is 0 Å². The average molecular weight is 374 g/mol. The predicted molar refractivity (Wildman–Crippen MR) is 102 cm³/mol. The number of aryl methyl sites for hydroxylation is 2. The standard InChI is InChI=1S/C20H30N4O3/c1-4-10-23-11-5-8-20(18(23)26)9-12-24(13-20)17(25)7-6-16-14(2)21-19(27)22-15(16)3/h4-13H2,1-3H3,(H,21,22,27). The minimum atomic E-state index is -0.367. The summed E-state index contributed by atoms with van der Waals surface area (Å²) in [5, 5.41) is 0. The lowest BCUT2D eigenvalue weighted by atomic mass is 9.78. The van der Waals surface area contributed by atoms with E-state index < -0.39 is 0 Å². The van der Waals surface area contributed by atoms with Crippen LogP contribution in [0.5, 0.6) is 0 Å². The van der Waals surface area contributed by atoms with E-state index in [1.165, 1.54) is 0 Å². The van der Waals surface area contributed by atoms with E-state index in [1.54, 1.807) is 6.92 Å². The summed E-state index contributed by atoms with van der Waals surface area (Å²) in [5.41, 5.74) is 1.67. The van der Waals surface area contributed by atoms with E-state index in [0.717, 1.165) is 50.0 Å². The lowest BCUT2D eigenvalue weighted by molar-refractivity contribution is -0.146. The zero-order valence-corrected chi connectivity index (χ0v) is 16.6. The first-order chi connectivity index (χ1) is 12.9. The SMILES string of the molecule is CCCN1CCCC2(CCN(C(=O)CCc3c(C)nc(=O)[nH]c3C)C2)C1=O. The van der Waals surface area contributed by atoms with Gasteiger partial charge in [-0.15, -0.1) is 0 Å². The summed E-state index contributed by atoms with van der Waals surface area (Å²) in [5.74, 6) is 0.319. The summed E-state index contributed by atoms with van der Waals surface area (Å²) >= 11 is 0. The van der Waals surface area contributed by atoms with Gasteiger partial charge in [-0.1, -0.05) is 6.92 Å². The van der Waals surface area contributed by atoms with E-state index in [4.69, 9.17) is 0 Å². The average Bonchev–Trinajstić information content (AvgIpc) is 3.03. The highest BCUT2D eigenvalue weighted by Gasteiger charge is 2.48. The van der Waals surface area contributed by atoms with Gasteiger partial charge >= 0.3 is 5.69 Å². The molecule has 148 valence electrons. The number of nitrogens with one attached hydrogen (secondary N) is 1. The third kappa shape index (κ3) is 3.92. The number of piperidine rings is 1. The van der Waals surface area contributed by atoms with Crippen molar-refractivity contribution in [1.29, 1.82) is 0 Å². The molecule has 1 N–H and O–H groups in total. The number of aromatic amines is 1. The number of hydrogen-bond acceptors (Lipinski definition) is 4. The summed E-state index contributed by atoms with van der Waals surface area (Å²) < 4.78 is 0. The van der Waals surface area contributed by atoms with E-state index in [-0.39, 0.29) is 22.9 Å². The van der Waals surface area contributed by atoms with Crippen LogP contribution in [0.15, 0.2) is 4.79 Å². The first-order valence-electron chi connectivity index (χ1n) is 10.00. The fourth-order valence-electron chi connectivity index (χ4n) is 4.61. The van der Waals surface area contributed by atoms with Crippen LogP contribution in [0.3, 0.4) is 0 Å². The molecule has 27 heavy (non-hydrogen) atoms. The number of carbonyl (C=O) groups is 2. The highest BCUT2D eigenvalue weighted by Crippen LogP contribution is 2.40. The number of hydrogen-bond donors (Lipinski definition) is 1.